The minimum atomic E-state index is -3.76. The summed E-state index contributed by atoms with van der Waals surface area (Å²) in [5, 5.41) is 17.2. The van der Waals surface area contributed by atoms with Crippen molar-refractivity contribution in [2.45, 2.75) is 91.5 Å². The molecule has 0 spiro atoms. The Morgan fingerprint density at radius 2 is 1.30 bits per heavy atom. The first-order valence-corrected chi connectivity index (χ1v) is 9.15. The standard InChI is InChI=1S/C6H14O.C4H11O3P.C4H10O/c1-3-5-6(7)4-2;1-3-4(2)8(5,6)7;1-3-4(2)5/h6-7H,3-5H2,1-2H3;4H,3H2,1-2H3,(H2,5,6,7);4-5H,3H2,1-2H3. The highest BCUT2D eigenvalue weighted by molar-refractivity contribution is 7.52. The van der Waals surface area contributed by atoms with Crippen LogP contribution in [0.1, 0.15) is 73.6 Å². The van der Waals surface area contributed by atoms with Gasteiger partial charge in [-0.05, 0) is 32.6 Å². The lowest BCUT2D eigenvalue weighted by Crippen LogP contribution is -2.01. The Bertz CT molecular complexity index is 228. The molecule has 0 saturated heterocycles. The summed E-state index contributed by atoms with van der Waals surface area (Å²) in [4.78, 5) is 16.8. The maximum absolute atomic E-state index is 10.3. The summed E-state index contributed by atoms with van der Waals surface area (Å²) in [7, 11) is -3.76. The molecule has 126 valence electrons. The van der Waals surface area contributed by atoms with E-state index in [1.54, 1.807) is 20.8 Å². The number of aliphatic hydroxyl groups excluding tert-OH is 2. The van der Waals surface area contributed by atoms with Crippen molar-refractivity contribution in [3.63, 3.8) is 0 Å². The van der Waals surface area contributed by atoms with Crippen molar-refractivity contribution in [3.05, 3.63) is 0 Å². The van der Waals surface area contributed by atoms with Crippen LogP contribution in [0.2, 0.25) is 0 Å². The fraction of sp³-hybridized carbons (Fsp3) is 1.00. The maximum atomic E-state index is 10.3. The molecule has 0 aromatic rings. The second-order valence-electron chi connectivity index (χ2n) is 4.95. The molecular weight excluding hydrogens is 279 g/mol. The molecule has 3 atom stereocenters. The molecule has 0 radical (unpaired) electrons. The summed E-state index contributed by atoms with van der Waals surface area (Å²) in [5.41, 5.74) is -0.484. The fourth-order valence-corrected chi connectivity index (χ4v) is 1.25. The Balaban J connectivity index is -0.000000223. The van der Waals surface area contributed by atoms with E-state index in [1.165, 1.54) is 0 Å². The lowest BCUT2D eigenvalue weighted by atomic mass is 10.2. The van der Waals surface area contributed by atoms with Gasteiger partial charge in [-0.2, -0.15) is 0 Å². The van der Waals surface area contributed by atoms with Crippen LogP contribution in [-0.2, 0) is 4.57 Å². The van der Waals surface area contributed by atoms with Gasteiger partial charge in [-0.15, -0.1) is 0 Å². The highest BCUT2D eigenvalue weighted by atomic mass is 31.2. The summed E-state index contributed by atoms with van der Waals surface area (Å²) < 4.78 is 10.3. The molecule has 0 aromatic heterocycles. The molecule has 0 amide bonds. The van der Waals surface area contributed by atoms with Crippen LogP contribution in [0.15, 0.2) is 0 Å². The molecular formula is C14H35O5P. The number of aliphatic hydroxyl groups is 2. The van der Waals surface area contributed by atoms with Crippen molar-refractivity contribution >= 4 is 7.60 Å². The monoisotopic (exact) mass is 314 g/mol. The van der Waals surface area contributed by atoms with Gasteiger partial charge in [-0.3, -0.25) is 4.57 Å². The lowest BCUT2D eigenvalue weighted by molar-refractivity contribution is 0.159. The Kier molecular flexibility index (Phi) is 19.4. The molecule has 6 heteroatoms. The van der Waals surface area contributed by atoms with Crippen molar-refractivity contribution in [1.29, 1.82) is 0 Å². The predicted octanol–water partition coefficient (Wildman–Crippen LogP) is 3.30. The van der Waals surface area contributed by atoms with Crippen molar-refractivity contribution in [3.8, 4) is 0 Å². The van der Waals surface area contributed by atoms with E-state index in [9.17, 15) is 4.57 Å². The Labute approximate surface area is 124 Å². The van der Waals surface area contributed by atoms with E-state index in [1.807, 2.05) is 13.8 Å². The highest BCUT2D eigenvalue weighted by Gasteiger charge is 2.20. The zero-order chi connectivity index (χ0) is 16.8. The van der Waals surface area contributed by atoms with Gasteiger partial charge < -0.3 is 20.0 Å². The Hall–Kier alpha value is 0.0700. The average molecular weight is 314 g/mol. The summed E-state index contributed by atoms with van der Waals surface area (Å²) >= 11 is 0. The average Bonchev–Trinajstić information content (AvgIpc) is 2.38. The summed E-state index contributed by atoms with van der Waals surface area (Å²) in [5.74, 6) is 0. The Morgan fingerprint density at radius 3 is 1.35 bits per heavy atom. The second kappa shape index (κ2) is 15.5. The molecule has 0 heterocycles. The largest absolute Gasteiger partial charge is 0.393 e. The molecule has 0 bridgehead atoms. The minimum Gasteiger partial charge on any atom is -0.393 e. The van der Waals surface area contributed by atoms with Gasteiger partial charge in [0.2, 0.25) is 0 Å². The van der Waals surface area contributed by atoms with Gasteiger partial charge in [-0.25, -0.2) is 0 Å². The predicted molar refractivity (Wildman–Crippen MR) is 85.0 cm³/mol. The van der Waals surface area contributed by atoms with Gasteiger partial charge >= 0.3 is 7.60 Å². The molecule has 0 aliphatic rings. The van der Waals surface area contributed by atoms with E-state index in [2.05, 4.69) is 6.92 Å². The van der Waals surface area contributed by atoms with Gasteiger partial charge in [0.05, 0.1) is 17.9 Å². The van der Waals surface area contributed by atoms with Crippen LogP contribution < -0.4 is 0 Å². The summed E-state index contributed by atoms with van der Waals surface area (Å²) in [6.45, 7) is 11.1. The van der Waals surface area contributed by atoms with Gasteiger partial charge in [0.25, 0.3) is 0 Å². The van der Waals surface area contributed by atoms with Crippen molar-refractivity contribution < 1.29 is 24.6 Å². The molecule has 0 aliphatic carbocycles. The third-order valence-electron chi connectivity index (χ3n) is 2.85. The highest BCUT2D eigenvalue weighted by Crippen LogP contribution is 2.42. The van der Waals surface area contributed by atoms with E-state index in [0.29, 0.717) is 6.42 Å². The topological polar surface area (TPSA) is 98.0 Å². The lowest BCUT2D eigenvalue weighted by Gasteiger charge is -2.08. The summed E-state index contributed by atoms with van der Waals surface area (Å²) in [6.07, 6.45) is 4.17. The summed E-state index contributed by atoms with van der Waals surface area (Å²) in [6, 6.07) is 0. The molecule has 0 aliphatic heterocycles. The quantitative estimate of drug-likeness (QED) is 0.564. The fourth-order valence-electron chi connectivity index (χ4n) is 0.775. The van der Waals surface area contributed by atoms with Crippen molar-refractivity contribution in [2.75, 3.05) is 0 Å². The van der Waals surface area contributed by atoms with Crippen LogP contribution in [0.4, 0.5) is 0 Å². The van der Waals surface area contributed by atoms with E-state index in [4.69, 9.17) is 20.0 Å². The first kappa shape index (κ1) is 25.0. The molecule has 0 aromatic carbocycles. The first-order chi connectivity index (χ1) is 9.06. The molecule has 0 saturated carbocycles. The minimum absolute atomic E-state index is 0.0509. The van der Waals surface area contributed by atoms with Crippen LogP contribution in [0.5, 0.6) is 0 Å². The van der Waals surface area contributed by atoms with Crippen LogP contribution in [0.3, 0.4) is 0 Å². The SMILES string of the molecule is CCC(C)O.CCC(C)P(=O)(O)O.CCCC(O)CC. The molecule has 5 nitrogen and oxygen atoms in total. The number of rotatable bonds is 6. The third kappa shape index (κ3) is 23.2. The van der Waals surface area contributed by atoms with E-state index in [-0.39, 0.29) is 12.2 Å². The molecule has 3 unspecified atom stereocenters. The molecule has 0 rings (SSSR count). The third-order valence-corrected chi connectivity index (χ3v) is 4.36. The number of hydrogen-bond donors (Lipinski definition) is 4. The van der Waals surface area contributed by atoms with Crippen molar-refractivity contribution in [2.24, 2.45) is 0 Å². The number of hydrogen-bond acceptors (Lipinski definition) is 3. The van der Waals surface area contributed by atoms with E-state index in [0.717, 1.165) is 25.7 Å². The van der Waals surface area contributed by atoms with Crippen LogP contribution in [0, 0.1) is 0 Å². The van der Waals surface area contributed by atoms with Crippen LogP contribution in [0.25, 0.3) is 0 Å². The zero-order valence-electron chi connectivity index (χ0n) is 13.9. The van der Waals surface area contributed by atoms with Crippen LogP contribution >= 0.6 is 7.60 Å². The second-order valence-corrected chi connectivity index (χ2v) is 7.01. The first-order valence-electron chi connectivity index (χ1n) is 7.47. The van der Waals surface area contributed by atoms with E-state index >= 15 is 0 Å². The molecule has 4 N–H and O–H groups in total. The Morgan fingerprint density at radius 1 is 0.900 bits per heavy atom. The van der Waals surface area contributed by atoms with Crippen molar-refractivity contribution in [1.82, 2.24) is 0 Å². The van der Waals surface area contributed by atoms with Gasteiger partial charge in [-0.1, -0.05) is 41.0 Å². The molecule has 0 fully saturated rings. The van der Waals surface area contributed by atoms with Gasteiger partial charge in [0, 0.05) is 0 Å². The van der Waals surface area contributed by atoms with Gasteiger partial charge in [0.1, 0.15) is 0 Å². The zero-order valence-corrected chi connectivity index (χ0v) is 14.8. The molecule has 20 heavy (non-hydrogen) atoms. The normalized spacial score (nSPS) is 15.1. The van der Waals surface area contributed by atoms with Gasteiger partial charge in [0.15, 0.2) is 0 Å². The van der Waals surface area contributed by atoms with E-state index < -0.39 is 13.3 Å². The maximum Gasteiger partial charge on any atom is 0.328 e. The van der Waals surface area contributed by atoms with Crippen LogP contribution in [-0.4, -0.2) is 37.9 Å². The smallest absolute Gasteiger partial charge is 0.328 e.